The number of benzene rings is 1. The number of thioether (sulfide) groups is 1. The summed E-state index contributed by atoms with van der Waals surface area (Å²) < 4.78 is 28.2. The number of likely N-dealkylation sites (N-methyl/N-ethyl adjacent to an activating group) is 1. The van der Waals surface area contributed by atoms with Crippen LogP contribution in [0.15, 0.2) is 16.6 Å². The van der Waals surface area contributed by atoms with Crippen molar-refractivity contribution in [2.45, 2.75) is 18.5 Å². The molecule has 1 aromatic rings. The second kappa shape index (κ2) is 7.17. The first-order valence-electron chi connectivity index (χ1n) is 6.41. The molecule has 0 aromatic heterocycles. The van der Waals surface area contributed by atoms with E-state index in [9.17, 15) is 8.78 Å². The van der Waals surface area contributed by atoms with Gasteiger partial charge in [0, 0.05) is 35.7 Å². The number of hydrogen-bond donors (Lipinski definition) is 2. The predicted octanol–water partition coefficient (Wildman–Crippen LogP) is 2.15. The van der Waals surface area contributed by atoms with E-state index in [0.29, 0.717) is 0 Å². The summed E-state index contributed by atoms with van der Waals surface area (Å²) in [7, 11) is 2.02. The quantitative estimate of drug-likeness (QED) is 0.487. The predicted molar refractivity (Wildman–Crippen MR) is 82.6 cm³/mol. The summed E-state index contributed by atoms with van der Waals surface area (Å²) in [5.41, 5.74) is 2.80. The minimum absolute atomic E-state index is 0.0753. The lowest BCUT2D eigenvalue weighted by Crippen LogP contribution is -2.55. The van der Waals surface area contributed by atoms with Gasteiger partial charge in [0.05, 0.1) is 4.47 Å². The maximum Gasteiger partial charge on any atom is 0.143 e. The molecule has 0 radical (unpaired) electrons. The topological polar surface area (TPSA) is 41.3 Å². The van der Waals surface area contributed by atoms with Crippen molar-refractivity contribution in [3.8, 4) is 0 Å². The average molecular weight is 366 g/mol. The lowest BCUT2D eigenvalue weighted by atomic mass is 9.99. The van der Waals surface area contributed by atoms with E-state index in [0.717, 1.165) is 18.1 Å². The smallest absolute Gasteiger partial charge is 0.143 e. The Bertz CT molecular complexity index is 475. The normalized spacial score (nSPS) is 21.9. The van der Waals surface area contributed by atoms with Gasteiger partial charge in [-0.2, -0.15) is 11.8 Å². The van der Waals surface area contributed by atoms with Crippen LogP contribution in [0.3, 0.4) is 0 Å². The molecule has 3 N–H and O–H groups in total. The van der Waals surface area contributed by atoms with E-state index in [2.05, 4.69) is 26.3 Å². The van der Waals surface area contributed by atoms with Crippen molar-refractivity contribution in [3.63, 3.8) is 0 Å². The lowest BCUT2D eigenvalue weighted by Gasteiger charge is -2.37. The van der Waals surface area contributed by atoms with Gasteiger partial charge in [-0.05, 0) is 41.5 Å². The standard InChI is InChI=1S/C13H18BrF2N3S/c1-19-4-5-20-7-12(19)11(18-17)6-8-10(15)3-2-9(14)13(8)16/h2-3,11-12,18H,4-7,17H2,1H3. The molecule has 1 heterocycles. The zero-order valence-corrected chi connectivity index (χ0v) is 13.6. The molecule has 0 amide bonds. The molecule has 0 saturated carbocycles. The van der Waals surface area contributed by atoms with Crippen LogP contribution in [-0.4, -0.2) is 42.1 Å². The van der Waals surface area contributed by atoms with Gasteiger partial charge in [-0.25, -0.2) is 8.78 Å². The molecular weight excluding hydrogens is 348 g/mol. The number of nitrogens with two attached hydrogens (primary N) is 1. The zero-order valence-electron chi connectivity index (χ0n) is 11.2. The van der Waals surface area contributed by atoms with Gasteiger partial charge in [0.25, 0.3) is 0 Å². The lowest BCUT2D eigenvalue weighted by molar-refractivity contribution is 0.212. The van der Waals surface area contributed by atoms with Crippen molar-refractivity contribution >= 4 is 27.7 Å². The van der Waals surface area contributed by atoms with Crippen LogP contribution in [0.1, 0.15) is 5.56 Å². The largest absolute Gasteiger partial charge is 0.300 e. The first kappa shape index (κ1) is 16.2. The summed E-state index contributed by atoms with van der Waals surface area (Å²) in [6.45, 7) is 0.955. The van der Waals surface area contributed by atoms with Gasteiger partial charge in [0.1, 0.15) is 11.6 Å². The van der Waals surface area contributed by atoms with Crippen LogP contribution in [0, 0.1) is 11.6 Å². The maximum absolute atomic E-state index is 14.0. The highest BCUT2D eigenvalue weighted by Gasteiger charge is 2.29. The van der Waals surface area contributed by atoms with Crippen LogP contribution < -0.4 is 11.3 Å². The second-order valence-electron chi connectivity index (χ2n) is 4.92. The fraction of sp³-hybridized carbons (Fsp3) is 0.538. The Morgan fingerprint density at radius 2 is 2.30 bits per heavy atom. The van der Waals surface area contributed by atoms with Crippen molar-refractivity contribution in [3.05, 3.63) is 33.8 Å². The van der Waals surface area contributed by atoms with Gasteiger partial charge < -0.3 is 4.90 Å². The Labute approximate surface area is 130 Å². The van der Waals surface area contributed by atoms with Crippen molar-refractivity contribution in [2.75, 3.05) is 25.1 Å². The number of hydrogen-bond acceptors (Lipinski definition) is 4. The van der Waals surface area contributed by atoms with Gasteiger partial charge >= 0.3 is 0 Å². The highest BCUT2D eigenvalue weighted by molar-refractivity contribution is 9.10. The summed E-state index contributed by atoms with van der Waals surface area (Å²) in [5, 5.41) is 0. The van der Waals surface area contributed by atoms with E-state index < -0.39 is 11.6 Å². The van der Waals surface area contributed by atoms with Gasteiger partial charge in [0.15, 0.2) is 0 Å². The highest BCUT2D eigenvalue weighted by Crippen LogP contribution is 2.25. The fourth-order valence-corrected chi connectivity index (χ4v) is 4.09. The van der Waals surface area contributed by atoms with Crippen molar-refractivity contribution in [2.24, 2.45) is 5.84 Å². The summed E-state index contributed by atoms with van der Waals surface area (Å²) in [6.07, 6.45) is 0.225. The number of rotatable bonds is 4. The molecule has 0 aliphatic carbocycles. The Morgan fingerprint density at radius 1 is 1.55 bits per heavy atom. The van der Waals surface area contributed by atoms with Crippen LogP contribution in [0.4, 0.5) is 8.78 Å². The van der Waals surface area contributed by atoms with Gasteiger partial charge in [-0.3, -0.25) is 11.3 Å². The monoisotopic (exact) mass is 365 g/mol. The third-order valence-corrected chi connectivity index (χ3v) is 5.35. The molecule has 20 heavy (non-hydrogen) atoms. The average Bonchev–Trinajstić information content (AvgIpc) is 2.45. The molecule has 0 bridgehead atoms. The fourth-order valence-electron chi connectivity index (χ4n) is 2.41. The van der Waals surface area contributed by atoms with Crippen molar-refractivity contribution in [1.82, 2.24) is 10.3 Å². The number of halogens is 3. The van der Waals surface area contributed by atoms with Crippen LogP contribution in [0.2, 0.25) is 0 Å². The zero-order chi connectivity index (χ0) is 14.7. The molecule has 0 spiro atoms. The summed E-state index contributed by atoms with van der Waals surface area (Å²) >= 11 is 4.93. The number of hydrazine groups is 1. The van der Waals surface area contributed by atoms with Gasteiger partial charge in [0.2, 0.25) is 0 Å². The second-order valence-corrected chi connectivity index (χ2v) is 6.93. The van der Waals surface area contributed by atoms with Crippen LogP contribution >= 0.6 is 27.7 Å². The van der Waals surface area contributed by atoms with E-state index in [1.54, 1.807) is 0 Å². The number of nitrogens with one attached hydrogen (secondary N) is 1. The van der Waals surface area contributed by atoms with Crippen LogP contribution in [0.25, 0.3) is 0 Å². The van der Waals surface area contributed by atoms with Crippen LogP contribution in [-0.2, 0) is 6.42 Å². The molecule has 1 aliphatic rings. The SMILES string of the molecule is CN1CCSCC1C(Cc1c(F)ccc(Br)c1F)NN. The summed E-state index contributed by atoms with van der Waals surface area (Å²) in [6, 6.07) is 2.62. The third kappa shape index (κ3) is 3.51. The molecular formula is C13H18BrF2N3S. The van der Waals surface area contributed by atoms with E-state index in [1.807, 2.05) is 18.8 Å². The van der Waals surface area contributed by atoms with Gasteiger partial charge in [-0.15, -0.1) is 0 Å². The summed E-state index contributed by atoms with van der Waals surface area (Å²) in [5.74, 6) is 6.51. The molecule has 1 aliphatic heterocycles. The van der Waals surface area contributed by atoms with Crippen molar-refractivity contribution < 1.29 is 8.78 Å². The van der Waals surface area contributed by atoms with Gasteiger partial charge in [-0.1, -0.05) is 0 Å². The molecule has 2 unspecified atom stereocenters. The first-order chi connectivity index (χ1) is 9.54. The van der Waals surface area contributed by atoms with E-state index in [1.165, 1.54) is 12.1 Å². The first-order valence-corrected chi connectivity index (χ1v) is 8.36. The molecule has 2 atom stereocenters. The molecule has 112 valence electrons. The minimum atomic E-state index is -0.545. The summed E-state index contributed by atoms with van der Waals surface area (Å²) in [4.78, 5) is 2.19. The maximum atomic E-state index is 14.0. The Morgan fingerprint density at radius 3 is 2.95 bits per heavy atom. The molecule has 1 saturated heterocycles. The Hall–Kier alpha value is -0.210. The van der Waals surface area contributed by atoms with Crippen LogP contribution in [0.5, 0.6) is 0 Å². The molecule has 1 fully saturated rings. The third-order valence-electron chi connectivity index (χ3n) is 3.68. The van der Waals surface area contributed by atoms with E-state index in [-0.39, 0.29) is 28.5 Å². The van der Waals surface area contributed by atoms with E-state index >= 15 is 0 Å². The van der Waals surface area contributed by atoms with Crippen molar-refractivity contribution in [1.29, 1.82) is 0 Å². The molecule has 1 aromatic carbocycles. The molecule has 3 nitrogen and oxygen atoms in total. The van der Waals surface area contributed by atoms with E-state index in [4.69, 9.17) is 5.84 Å². The minimum Gasteiger partial charge on any atom is -0.300 e. The highest BCUT2D eigenvalue weighted by atomic mass is 79.9. The molecule has 7 heteroatoms. The number of nitrogens with zero attached hydrogens (tertiary/aromatic N) is 1. The Balaban J connectivity index is 2.20. The molecule has 2 rings (SSSR count). The Kier molecular flexibility index (Phi) is 5.80.